The van der Waals surface area contributed by atoms with E-state index in [4.69, 9.17) is 4.98 Å². The summed E-state index contributed by atoms with van der Waals surface area (Å²) in [6.07, 6.45) is 7.74. The van der Waals surface area contributed by atoms with E-state index < -0.39 is 0 Å². The molecule has 0 bridgehead atoms. The molecule has 0 aromatic carbocycles. The minimum atomic E-state index is 0.194. The van der Waals surface area contributed by atoms with Gasteiger partial charge in [0.15, 0.2) is 5.01 Å². The van der Waals surface area contributed by atoms with E-state index in [1.165, 1.54) is 16.9 Å². The van der Waals surface area contributed by atoms with Crippen molar-refractivity contribution in [1.29, 1.82) is 0 Å². The van der Waals surface area contributed by atoms with Gasteiger partial charge in [0.1, 0.15) is 10.7 Å². The number of pyridine rings is 2. The topological polar surface area (TPSA) is 76.0 Å². The Labute approximate surface area is 142 Å². The van der Waals surface area contributed by atoms with Crippen molar-refractivity contribution in [3.63, 3.8) is 0 Å². The lowest BCUT2D eigenvalue weighted by Gasteiger charge is -2.25. The molecular formula is C17H14N6S. The van der Waals surface area contributed by atoms with Crippen LogP contribution in [0.2, 0.25) is 0 Å². The van der Waals surface area contributed by atoms with Crippen molar-refractivity contribution < 1.29 is 0 Å². The lowest BCUT2D eigenvalue weighted by Crippen LogP contribution is -2.26. The van der Waals surface area contributed by atoms with Crippen LogP contribution in [0.1, 0.15) is 23.7 Å². The molecule has 2 aliphatic rings. The highest BCUT2D eigenvalue weighted by molar-refractivity contribution is 7.17. The van der Waals surface area contributed by atoms with E-state index >= 15 is 0 Å². The lowest BCUT2D eigenvalue weighted by molar-refractivity contribution is 0.435. The van der Waals surface area contributed by atoms with E-state index in [2.05, 4.69) is 31.8 Å². The van der Waals surface area contributed by atoms with E-state index in [9.17, 15) is 0 Å². The van der Waals surface area contributed by atoms with E-state index in [-0.39, 0.29) is 6.04 Å². The number of hydrogen-bond acceptors (Lipinski definition) is 7. The first-order valence-corrected chi connectivity index (χ1v) is 8.73. The average molecular weight is 334 g/mol. The zero-order valence-corrected chi connectivity index (χ0v) is 13.6. The minimum absolute atomic E-state index is 0.194. The number of nitrogens with zero attached hydrogens (tertiary/aromatic N) is 5. The smallest absolute Gasteiger partial charge is 0.166 e. The SMILES string of the molecule is C1=NNC2c3nc(-c4nnc(-c5cccnc5)s4)ccc3CCC12. The van der Waals surface area contributed by atoms with Gasteiger partial charge in [0.05, 0.1) is 11.7 Å². The van der Waals surface area contributed by atoms with Gasteiger partial charge in [0.25, 0.3) is 0 Å². The van der Waals surface area contributed by atoms with Crippen LogP contribution in [-0.2, 0) is 6.42 Å². The van der Waals surface area contributed by atoms with E-state index in [1.54, 1.807) is 12.4 Å². The number of rotatable bonds is 2. The molecule has 0 saturated heterocycles. The fourth-order valence-electron chi connectivity index (χ4n) is 3.26. The summed E-state index contributed by atoms with van der Waals surface area (Å²) in [5.74, 6) is 0.445. The summed E-state index contributed by atoms with van der Waals surface area (Å²) in [7, 11) is 0. The van der Waals surface area contributed by atoms with Gasteiger partial charge in [0, 0.05) is 30.1 Å². The maximum absolute atomic E-state index is 4.88. The molecule has 24 heavy (non-hydrogen) atoms. The van der Waals surface area contributed by atoms with Crippen LogP contribution in [0.4, 0.5) is 0 Å². The van der Waals surface area contributed by atoms with Crippen molar-refractivity contribution in [3.05, 3.63) is 47.9 Å². The summed E-state index contributed by atoms with van der Waals surface area (Å²) in [6, 6.07) is 8.29. The van der Waals surface area contributed by atoms with Crippen LogP contribution in [-0.4, -0.2) is 26.4 Å². The fraction of sp³-hybridized carbons (Fsp3) is 0.235. The summed E-state index contributed by atoms with van der Waals surface area (Å²) in [6.45, 7) is 0. The second-order valence-corrected chi connectivity index (χ2v) is 6.96. The summed E-state index contributed by atoms with van der Waals surface area (Å²) in [5, 5.41) is 14.5. The standard InChI is InChI=1S/C17H14N6S/c1-2-12(8-18-7-1)16-22-23-17(24-16)13-6-5-10-3-4-11-9-19-21-15(11)14(10)20-13/h1-2,5-9,11,15,21H,3-4H2. The van der Waals surface area contributed by atoms with Gasteiger partial charge in [-0.2, -0.15) is 5.10 Å². The van der Waals surface area contributed by atoms with Gasteiger partial charge < -0.3 is 5.43 Å². The Balaban J connectivity index is 1.52. The van der Waals surface area contributed by atoms with Gasteiger partial charge in [-0.3, -0.25) is 4.98 Å². The second kappa shape index (κ2) is 5.45. The molecule has 1 aliphatic heterocycles. The fourth-order valence-corrected chi connectivity index (χ4v) is 4.07. The molecule has 0 saturated carbocycles. The van der Waals surface area contributed by atoms with Gasteiger partial charge in [0.2, 0.25) is 0 Å². The highest BCUT2D eigenvalue weighted by Gasteiger charge is 2.33. The Hall–Kier alpha value is -2.67. The molecule has 118 valence electrons. The summed E-state index contributed by atoms with van der Waals surface area (Å²) >= 11 is 1.54. The van der Waals surface area contributed by atoms with Crippen LogP contribution in [0.15, 0.2) is 41.8 Å². The van der Waals surface area contributed by atoms with Crippen molar-refractivity contribution in [2.75, 3.05) is 0 Å². The van der Waals surface area contributed by atoms with Gasteiger partial charge in [-0.05, 0) is 36.6 Å². The summed E-state index contributed by atoms with van der Waals surface area (Å²) in [5.41, 5.74) is 7.44. The van der Waals surface area contributed by atoms with E-state index in [0.717, 1.165) is 39.8 Å². The maximum atomic E-state index is 4.88. The molecule has 4 heterocycles. The minimum Gasteiger partial charge on any atom is -0.301 e. The summed E-state index contributed by atoms with van der Waals surface area (Å²) in [4.78, 5) is 9.02. The third-order valence-electron chi connectivity index (χ3n) is 4.51. The Kier molecular flexibility index (Phi) is 3.12. The Morgan fingerprint density at radius 1 is 1.12 bits per heavy atom. The highest BCUT2D eigenvalue weighted by atomic mass is 32.1. The monoisotopic (exact) mass is 334 g/mol. The van der Waals surface area contributed by atoms with Gasteiger partial charge in [-0.25, -0.2) is 4.98 Å². The number of hydrazone groups is 1. The van der Waals surface area contributed by atoms with E-state index in [0.29, 0.717) is 5.92 Å². The van der Waals surface area contributed by atoms with Crippen LogP contribution in [0.3, 0.4) is 0 Å². The third kappa shape index (κ3) is 2.20. The quantitative estimate of drug-likeness (QED) is 0.780. The average Bonchev–Trinajstić information content (AvgIpc) is 3.31. The molecule has 0 spiro atoms. The van der Waals surface area contributed by atoms with Crippen LogP contribution < -0.4 is 5.43 Å². The molecule has 7 heteroatoms. The first-order chi connectivity index (χ1) is 11.9. The molecule has 0 radical (unpaired) electrons. The molecule has 1 N–H and O–H groups in total. The van der Waals surface area contributed by atoms with Gasteiger partial charge in [-0.1, -0.05) is 17.4 Å². The molecule has 0 fully saturated rings. The predicted molar refractivity (Wildman–Crippen MR) is 92.6 cm³/mol. The van der Waals surface area contributed by atoms with Crippen molar-refractivity contribution in [3.8, 4) is 21.3 Å². The molecule has 2 atom stereocenters. The number of aromatic nitrogens is 4. The highest BCUT2D eigenvalue weighted by Crippen LogP contribution is 2.36. The number of nitrogens with one attached hydrogen (secondary N) is 1. The first kappa shape index (κ1) is 13.7. The third-order valence-corrected chi connectivity index (χ3v) is 5.51. The molecule has 1 aliphatic carbocycles. The first-order valence-electron chi connectivity index (χ1n) is 7.91. The molecule has 3 aromatic heterocycles. The Bertz CT molecular complexity index is 920. The zero-order chi connectivity index (χ0) is 15.9. The van der Waals surface area contributed by atoms with E-state index in [1.807, 2.05) is 24.4 Å². The lowest BCUT2D eigenvalue weighted by atomic mass is 9.84. The molecule has 2 unspecified atom stereocenters. The molecule has 5 rings (SSSR count). The zero-order valence-electron chi connectivity index (χ0n) is 12.8. The number of hydrogen-bond donors (Lipinski definition) is 1. The van der Waals surface area contributed by atoms with Gasteiger partial charge >= 0.3 is 0 Å². The van der Waals surface area contributed by atoms with Crippen molar-refractivity contribution >= 4 is 17.6 Å². The number of fused-ring (bicyclic) bond motifs is 3. The molecular weight excluding hydrogens is 320 g/mol. The van der Waals surface area contributed by atoms with Crippen LogP contribution in [0.25, 0.3) is 21.3 Å². The maximum Gasteiger partial charge on any atom is 0.166 e. The molecule has 0 amide bonds. The van der Waals surface area contributed by atoms with Crippen molar-refractivity contribution in [2.24, 2.45) is 11.0 Å². The van der Waals surface area contributed by atoms with Crippen LogP contribution in [0, 0.1) is 5.92 Å². The number of aryl methyl sites for hydroxylation is 1. The second-order valence-electron chi connectivity index (χ2n) is 5.98. The Morgan fingerprint density at radius 3 is 3.00 bits per heavy atom. The van der Waals surface area contributed by atoms with Crippen molar-refractivity contribution in [1.82, 2.24) is 25.6 Å². The molecule has 6 nitrogen and oxygen atoms in total. The summed E-state index contributed by atoms with van der Waals surface area (Å²) < 4.78 is 0. The normalized spacial score (nSPS) is 21.2. The van der Waals surface area contributed by atoms with Crippen molar-refractivity contribution in [2.45, 2.75) is 18.9 Å². The van der Waals surface area contributed by atoms with Crippen LogP contribution >= 0.6 is 11.3 Å². The predicted octanol–water partition coefficient (Wildman–Crippen LogP) is 2.85. The van der Waals surface area contributed by atoms with Crippen LogP contribution in [0.5, 0.6) is 0 Å². The Morgan fingerprint density at radius 2 is 2.08 bits per heavy atom. The molecule has 3 aromatic rings. The van der Waals surface area contributed by atoms with Gasteiger partial charge in [-0.15, -0.1) is 10.2 Å². The largest absolute Gasteiger partial charge is 0.301 e.